The molecule has 1 rings (SSSR count). The van der Waals surface area contributed by atoms with Crippen LogP contribution in [0.5, 0.6) is 0 Å². The SMILES string of the molecule is [SiH3]I.c1ccncc1. The second-order valence-electron chi connectivity index (χ2n) is 1.02. The lowest BCUT2D eigenvalue weighted by Crippen LogP contribution is -1.58. The van der Waals surface area contributed by atoms with E-state index in [1.54, 1.807) is 12.4 Å². The molecule has 0 saturated carbocycles. The summed E-state index contributed by atoms with van der Waals surface area (Å²) in [7, 11) is 1.28. The van der Waals surface area contributed by atoms with Crippen LogP contribution in [0, 0.1) is 0 Å². The van der Waals surface area contributed by atoms with Gasteiger partial charge in [0, 0.05) is 12.4 Å². The first-order chi connectivity index (χ1) is 4.00. The van der Waals surface area contributed by atoms with Crippen molar-refractivity contribution in [1.82, 2.24) is 4.98 Å². The van der Waals surface area contributed by atoms with Crippen LogP contribution in [0.25, 0.3) is 0 Å². The van der Waals surface area contributed by atoms with Crippen LogP contribution in [0.3, 0.4) is 0 Å². The van der Waals surface area contributed by atoms with Crippen LogP contribution in [-0.2, 0) is 0 Å². The zero-order valence-electron chi connectivity index (χ0n) is 4.71. The second-order valence-corrected chi connectivity index (χ2v) is 1.02. The van der Waals surface area contributed by atoms with Crippen LogP contribution in [0.4, 0.5) is 0 Å². The van der Waals surface area contributed by atoms with Gasteiger partial charge in [-0.1, -0.05) is 6.07 Å². The van der Waals surface area contributed by atoms with Crippen LogP contribution in [-0.4, -0.2) is 12.7 Å². The Kier molecular flexibility index (Phi) is 7.18. The molecule has 0 aromatic carbocycles. The Morgan fingerprint density at radius 2 is 1.50 bits per heavy atom. The molecule has 0 aliphatic rings. The highest BCUT2D eigenvalue weighted by atomic mass is 127. The molecule has 0 radical (unpaired) electrons. The summed E-state index contributed by atoms with van der Waals surface area (Å²) < 4.78 is 0. The maximum atomic E-state index is 3.78. The Balaban J connectivity index is 0.000000222. The molecule has 0 N–H and O–H groups in total. The van der Waals surface area contributed by atoms with E-state index in [2.05, 4.69) is 26.8 Å². The summed E-state index contributed by atoms with van der Waals surface area (Å²) in [6.45, 7) is 0. The molecular weight excluding hydrogens is 229 g/mol. The van der Waals surface area contributed by atoms with Crippen molar-refractivity contribution in [3.05, 3.63) is 30.6 Å². The van der Waals surface area contributed by atoms with Gasteiger partial charge < -0.3 is 0 Å². The third kappa shape index (κ3) is 4.26. The summed E-state index contributed by atoms with van der Waals surface area (Å²) in [5.74, 6) is 0. The zero-order valence-corrected chi connectivity index (χ0v) is 8.87. The largest absolute Gasteiger partial charge is 0.265 e. The van der Waals surface area contributed by atoms with E-state index in [0.29, 0.717) is 0 Å². The van der Waals surface area contributed by atoms with Gasteiger partial charge in [0.2, 0.25) is 0 Å². The molecule has 0 fully saturated rings. The molecule has 3 heteroatoms. The highest BCUT2D eigenvalue weighted by Crippen LogP contribution is 1.73. The van der Waals surface area contributed by atoms with Crippen molar-refractivity contribution in [1.29, 1.82) is 0 Å². The van der Waals surface area contributed by atoms with Gasteiger partial charge in [-0.15, -0.1) is 21.8 Å². The van der Waals surface area contributed by atoms with Crippen molar-refractivity contribution in [3.63, 3.8) is 0 Å². The van der Waals surface area contributed by atoms with Gasteiger partial charge in [0.05, 0.1) is 7.74 Å². The monoisotopic (exact) mass is 237 g/mol. The molecule has 1 aromatic heterocycles. The number of rotatable bonds is 0. The fourth-order valence-corrected chi connectivity index (χ4v) is 0.313. The van der Waals surface area contributed by atoms with E-state index in [4.69, 9.17) is 0 Å². The highest BCUT2D eigenvalue weighted by molar-refractivity contribution is 14.1. The normalized spacial score (nSPS) is 7.12. The van der Waals surface area contributed by atoms with E-state index in [-0.39, 0.29) is 0 Å². The first kappa shape index (κ1) is 8.10. The third-order valence-electron chi connectivity index (χ3n) is 0.566. The molecule has 8 heavy (non-hydrogen) atoms. The van der Waals surface area contributed by atoms with Crippen LogP contribution in [0.2, 0.25) is 0 Å². The summed E-state index contributed by atoms with van der Waals surface area (Å²) >= 11 is 2.29. The molecule has 0 bridgehead atoms. The van der Waals surface area contributed by atoms with Gasteiger partial charge in [0.15, 0.2) is 0 Å². The standard InChI is InChI=1S/C5H5N.H3ISi/c1-2-4-6-5-3-1;1-2/h1-5H;2H3. The summed E-state index contributed by atoms with van der Waals surface area (Å²) in [4.78, 5) is 3.78. The number of hydrogen-bond donors (Lipinski definition) is 0. The molecule has 0 aliphatic heterocycles. The smallest absolute Gasteiger partial charge is 0.0778 e. The molecule has 0 amide bonds. The number of halogens is 1. The Labute approximate surface area is 65.2 Å². The fraction of sp³-hybridized carbons (Fsp3) is 0. The lowest BCUT2D eigenvalue weighted by molar-refractivity contribution is 1.33. The lowest BCUT2D eigenvalue weighted by atomic mass is 10.5. The minimum absolute atomic E-state index is 1.28. The van der Waals surface area contributed by atoms with Crippen molar-refractivity contribution < 1.29 is 0 Å². The van der Waals surface area contributed by atoms with Crippen LogP contribution < -0.4 is 0 Å². The molecule has 1 heterocycles. The van der Waals surface area contributed by atoms with Crippen molar-refractivity contribution >= 4 is 29.5 Å². The number of nitrogens with zero attached hydrogens (tertiary/aromatic N) is 1. The topological polar surface area (TPSA) is 12.9 Å². The molecule has 0 aliphatic carbocycles. The van der Waals surface area contributed by atoms with Gasteiger partial charge in [0.1, 0.15) is 0 Å². The molecule has 0 spiro atoms. The van der Waals surface area contributed by atoms with Gasteiger partial charge in [-0.25, -0.2) is 0 Å². The van der Waals surface area contributed by atoms with E-state index in [1.165, 1.54) is 7.74 Å². The van der Waals surface area contributed by atoms with Crippen LogP contribution in [0.15, 0.2) is 30.6 Å². The maximum absolute atomic E-state index is 3.78. The first-order valence-electron chi connectivity index (χ1n) is 2.23. The molecule has 1 aromatic rings. The second kappa shape index (κ2) is 7.10. The molecule has 0 atom stereocenters. The van der Waals surface area contributed by atoms with E-state index in [1.807, 2.05) is 18.2 Å². The summed E-state index contributed by atoms with van der Waals surface area (Å²) in [6.07, 6.45) is 3.50. The average molecular weight is 237 g/mol. The minimum Gasteiger partial charge on any atom is -0.265 e. The van der Waals surface area contributed by atoms with Crippen molar-refractivity contribution in [2.24, 2.45) is 0 Å². The van der Waals surface area contributed by atoms with Crippen molar-refractivity contribution in [3.8, 4) is 0 Å². The van der Waals surface area contributed by atoms with Gasteiger partial charge in [-0.2, -0.15) is 0 Å². The van der Waals surface area contributed by atoms with E-state index < -0.39 is 0 Å². The maximum Gasteiger partial charge on any atom is 0.0778 e. The van der Waals surface area contributed by atoms with Gasteiger partial charge >= 0.3 is 0 Å². The molecule has 44 valence electrons. The summed E-state index contributed by atoms with van der Waals surface area (Å²) in [5.41, 5.74) is 0. The van der Waals surface area contributed by atoms with E-state index >= 15 is 0 Å². The van der Waals surface area contributed by atoms with Crippen molar-refractivity contribution in [2.45, 2.75) is 0 Å². The fourth-order valence-electron chi connectivity index (χ4n) is 0.313. The van der Waals surface area contributed by atoms with Crippen LogP contribution in [0.1, 0.15) is 0 Å². The van der Waals surface area contributed by atoms with Gasteiger partial charge in [0.25, 0.3) is 0 Å². The molecule has 1 nitrogen and oxygen atoms in total. The minimum atomic E-state index is 1.28. The predicted octanol–water partition coefficient (Wildman–Crippen LogP) is 0.783. The summed E-state index contributed by atoms with van der Waals surface area (Å²) in [5, 5.41) is 0. The zero-order chi connectivity index (χ0) is 6.24. The number of pyridine rings is 1. The highest BCUT2D eigenvalue weighted by Gasteiger charge is 1.58. The number of aromatic nitrogens is 1. The Morgan fingerprint density at radius 1 is 1.00 bits per heavy atom. The Bertz CT molecular complexity index is 84.4. The van der Waals surface area contributed by atoms with Gasteiger partial charge in [-0.05, 0) is 12.1 Å². The van der Waals surface area contributed by atoms with E-state index in [9.17, 15) is 0 Å². The molecule has 0 saturated heterocycles. The first-order valence-corrected chi connectivity index (χ1v) is 9.46. The Hall–Kier alpha value is 0.0969. The lowest BCUT2D eigenvalue weighted by Gasteiger charge is -1.70. The molecular formula is C5H8INSi. The van der Waals surface area contributed by atoms with Crippen LogP contribution >= 0.6 is 21.8 Å². The van der Waals surface area contributed by atoms with Crippen molar-refractivity contribution in [2.75, 3.05) is 0 Å². The summed E-state index contributed by atoms with van der Waals surface area (Å²) in [6, 6.07) is 5.72. The average Bonchev–Trinajstić information content (AvgIpc) is 1.96. The van der Waals surface area contributed by atoms with E-state index in [0.717, 1.165) is 0 Å². The third-order valence-corrected chi connectivity index (χ3v) is 0.566. The Morgan fingerprint density at radius 3 is 1.62 bits per heavy atom. The van der Waals surface area contributed by atoms with Gasteiger partial charge in [-0.3, -0.25) is 4.98 Å². The number of hydrogen-bond acceptors (Lipinski definition) is 1. The molecule has 0 unspecified atom stereocenters. The predicted molar refractivity (Wildman–Crippen MR) is 48.2 cm³/mol. The quantitative estimate of drug-likeness (QED) is 0.369.